The van der Waals surface area contributed by atoms with Gasteiger partial charge in [0.25, 0.3) is 0 Å². The van der Waals surface area contributed by atoms with Crippen LogP contribution < -0.4 is 15.4 Å². The molecule has 2 unspecified atom stereocenters. The first-order valence-corrected chi connectivity index (χ1v) is 10.7. The van der Waals surface area contributed by atoms with E-state index in [0.29, 0.717) is 25.0 Å². The number of aliphatic hydroxyl groups is 1. The molecule has 164 valence electrons. The number of rotatable bonds is 7. The number of carbonyl (C=O) groups excluding carboxylic acids is 2. The van der Waals surface area contributed by atoms with Crippen molar-refractivity contribution in [1.29, 1.82) is 0 Å². The van der Waals surface area contributed by atoms with Gasteiger partial charge in [-0.3, -0.25) is 4.79 Å². The predicted molar refractivity (Wildman–Crippen MR) is 123 cm³/mol. The third-order valence-corrected chi connectivity index (χ3v) is 5.92. The van der Waals surface area contributed by atoms with Crippen LogP contribution in [0.3, 0.4) is 0 Å². The van der Waals surface area contributed by atoms with Crippen molar-refractivity contribution in [1.82, 2.24) is 0 Å². The molecule has 0 radical (unpaired) electrons. The Morgan fingerprint density at radius 1 is 0.969 bits per heavy atom. The molecule has 1 aliphatic carbocycles. The Morgan fingerprint density at radius 2 is 1.59 bits per heavy atom. The van der Waals surface area contributed by atoms with Crippen LogP contribution in [0.1, 0.15) is 17.5 Å². The molecule has 32 heavy (non-hydrogen) atoms. The number of amides is 1. The van der Waals surface area contributed by atoms with E-state index in [2.05, 4.69) is 0 Å². The molecule has 1 aliphatic rings. The minimum Gasteiger partial charge on any atom is -0.425 e. The molecular weight excluding hydrogens is 404 g/mol. The number of nitrogens with zero attached hydrogens (tertiary/aromatic N) is 1. The van der Waals surface area contributed by atoms with Gasteiger partial charge in [0.05, 0.1) is 0 Å². The van der Waals surface area contributed by atoms with Crippen LogP contribution in [0.5, 0.6) is 5.75 Å². The van der Waals surface area contributed by atoms with Crippen molar-refractivity contribution in [2.24, 2.45) is 11.7 Å². The molecule has 0 aromatic heterocycles. The number of anilines is 2. The van der Waals surface area contributed by atoms with Gasteiger partial charge >= 0.3 is 5.97 Å². The molecular formula is C26H26N2O4. The summed E-state index contributed by atoms with van der Waals surface area (Å²) in [6, 6.07) is 24.6. The maximum absolute atomic E-state index is 12.8. The number of esters is 1. The van der Waals surface area contributed by atoms with Crippen LogP contribution in [0.25, 0.3) is 0 Å². The highest BCUT2D eigenvalue weighted by Crippen LogP contribution is 2.38. The summed E-state index contributed by atoms with van der Waals surface area (Å²) >= 11 is 0. The number of ether oxygens (including phenoxy) is 1. The van der Waals surface area contributed by atoms with Gasteiger partial charge in [-0.2, -0.15) is 0 Å². The van der Waals surface area contributed by atoms with Crippen LogP contribution in [-0.2, 0) is 22.4 Å². The summed E-state index contributed by atoms with van der Waals surface area (Å²) in [5.41, 5.74) is 9.77. The second-order valence-corrected chi connectivity index (χ2v) is 7.92. The topological polar surface area (TPSA) is 92.9 Å². The quantitative estimate of drug-likeness (QED) is 0.443. The largest absolute Gasteiger partial charge is 0.425 e. The average molecular weight is 431 g/mol. The molecule has 6 nitrogen and oxygen atoms in total. The lowest BCUT2D eigenvalue weighted by Gasteiger charge is -2.39. The molecule has 0 heterocycles. The molecule has 0 bridgehead atoms. The fourth-order valence-electron chi connectivity index (χ4n) is 4.54. The van der Waals surface area contributed by atoms with Crippen LogP contribution in [0.2, 0.25) is 0 Å². The Kier molecular flexibility index (Phi) is 6.52. The number of hydrogen-bond donors (Lipinski definition) is 2. The Balaban J connectivity index is 1.70. The zero-order chi connectivity index (χ0) is 22.5. The third kappa shape index (κ3) is 4.50. The van der Waals surface area contributed by atoms with E-state index in [-0.39, 0.29) is 11.8 Å². The standard InChI is InChI=1S/C26H26N2O4/c27-26(31)25(28(20-9-3-1-4-10-20)21-11-5-2-6-12-21)19-14-15-22-18(16-19)8-7-13-23(22)32-24(30)17-29/h1-13,19,25,29H,14-17H2,(H2,27,31). The first kappa shape index (κ1) is 21.6. The SMILES string of the molecule is NC(=O)C(C1CCc2c(cccc2OC(=O)CO)C1)N(c1ccccc1)c1ccccc1. The van der Waals surface area contributed by atoms with E-state index in [0.717, 1.165) is 22.5 Å². The van der Waals surface area contributed by atoms with Crippen molar-refractivity contribution >= 4 is 23.3 Å². The maximum Gasteiger partial charge on any atom is 0.337 e. The van der Waals surface area contributed by atoms with Crippen LogP contribution in [-0.4, -0.2) is 29.6 Å². The minimum absolute atomic E-state index is 0.0239. The van der Waals surface area contributed by atoms with Gasteiger partial charge < -0.3 is 20.5 Å². The van der Waals surface area contributed by atoms with E-state index in [1.807, 2.05) is 77.7 Å². The molecule has 0 fully saturated rings. The van der Waals surface area contributed by atoms with Crippen molar-refractivity contribution in [3.8, 4) is 5.75 Å². The zero-order valence-electron chi connectivity index (χ0n) is 17.7. The van der Waals surface area contributed by atoms with Crippen molar-refractivity contribution in [3.05, 3.63) is 90.0 Å². The number of primary amides is 1. The molecule has 1 amide bonds. The Bertz CT molecular complexity index is 1050. The molecule has 0 saturated heterocycles. The van der Waals surface area contributed by atoms with E-state index in [4.69, 9.17) is 15.6 Å². The average Bonchev–Trinajstić information content (AvgIpc) is 2.83. The number of fused-ring (bicyclic) bond motifs is 1. The molecule has 0 saturated carbocycles. The summed E-state index contributed by atoms with van der Waals surface area (Å²) < 4.78 is 5.30. The smallest absolute Gasteiger partial charge is 0.337 e. The van der Waals surface area contributed by atoms with Gasteiger partial charge in [-0.25, -0.2) is 4.79 Å². The van der Waals surface area contributed by atoms with E-state index in [1.165, 1.54) is 0 Å². The highest BCUT2D eigenvalue weighted by molar-refractivity contribution is 5.87. The van der Waals surface area contributed by atoms with Gasteiger partial charge in [0.2, 0.25) is 5.91 Å². The van der Waals surface area contributed by atoms with Gasteiger partial charge in [-0.1, -0.05) is 48.5 Å². The summed E-state index contributed by atoms with van der Waals surface area (Å²) in [7, 11) is 0. The van der Waals surface area contributed by atoms with Gasteiger partial charge in [0, 0.05) is 11.4 Å². The van der Waals surface area contributed by atoms with Crippen LogP contribution in [0.4, 0.5) is 11.4 Å². The molecule has 0 spiro atoms. The lowest BCUT2D eigenvalue weighted by atomic mass is 9.78. The fourth-order valence-corrected chi connectivity index (χ4v) is 4.54. The number of hydrogen-bond acceptors (Lipinski definition) is 5. The van der Waals surface area contributed by atoms with Gasteiger partial charge in [-0.15, -0.1) is 0 Å². The highest BCUT2D eigenvalue weighted by Gasteiger charge is 2.36. The van der Waals surface area contributed by atoms with Crippen LogP contribution >= 0.6 is 0 Å². The lowest BCUT2D eigenvalue weighted by Crippen LogP contribution is -2.49. The summed E-state index contributed by atoms with van der Waals surface area (Å²) in [6.07, 6.45) is 1.99. The number of para-hydroxylation sites is 2. The van der Waals surface area contributed by atoms with E-state index in [1.54, 1.807) is 6.07 Å². The Hall–Kier alpha value is -3.64. The molecule has 3 N–H and O–H groups in total. The molecule has 3 aromatic carbocycles. The Labute approximate surface area is 187 Å². The van der Waals surface area contributed by atoms with Crippen molar-refractivity contribution in [3.63, 3.8) is 0 Å². The normalized spacial score (nSPS) is 16.0. The first-order chi connectivity index (χ1) is 15.6. The van der Waals surface area contributed by atoms with Crippen molar-refractivity contribution in [2.75, 3.05) is 11.5 Å². The number of carbonyl (C=O) groups is 2. The monoisotopic (exact) mass is 430 g/mol. The summed E-state index contributed by atoms with van der Waals surface area (Å²) in [5, 5.41) is 9.02. The maximum atomic E-state index is 12.8. The van der Waals surface area contributed by atoms with Crippen molar-refractivity contribution in [2.45, 2.75) is 25.3 Å². The predicted octanol–water partition coefficient (Wildman–Crippen LogP) is 3.38. The Morgan fingerprint density at radius 3 is 2.16 bits per heavy atom. The van der Waals surface area contributed by atoms with Crippen molar-refractivity contribution < 1.29 is 19.4 Å². The second-order valence-electron chi connectivity index (χ2n) is 7.92. The highest BCUT2D eigenvalue weighted by atomic mass is 16.5. The molecule has 6 heteroatoms. The molecule has 0 aliphatic heterocycles. The molecule has 3 aromatic rings. The first-order valence-electron chi connectivity index (χ1n) is 10.7. The second kappa shape index (κ2) is 9.66. The number of aliphatic hydroxyl groups excluding tert-OH is 1. The van der Waals surface area contributed by atoms with Crippen LogP contribution in [0, 0.1) is 5.92 Å². The van der Waals surface area contributed by atoms with Crippen LogP contribution in [0.15, 0.2) is 78.9 Å². The number of nitrogens with two attached hydrogens (primary N) is 1. The van der Waals surface area contributed by atoms with Gasteiger partial charge in [-0.05, 0) is 66.6 Å². The minimum atomic E-state index is -0.685. The lowest BCUT2D eigenvalue weighted by molar-refractivity contribution is -0.137. The summed E-state index contributed by atoms with van der Waals surface area (Å²) in [6.45, 7) is -0.668. The van der Waals surface area contributed by atoms with Gasteiger partial charge in [0.15, 0.2) is 0 Å². The van der Waals surface area contributed by atoms with E-state index < -0.39 is 18.6 Å². The number of benzene rings is 3. The molecule has 4 rings (SSSR count). The molecule has 2 atom stereocenters. The summed E-state index contributed by atoms with van der Waals surface area (Å²) in [4.78, 5) is 26.4. The van der Waals surface area contributed by atoms with Gasteiger partial charge in [0.1, 0.15) is 18.4 Å². The van der Waals surface area contributed by atoms with E-state index >= 15 is 0 Å². The van der Waals surface area contributed by atoms with E-state index in [9.17, 15) is 9.59 Å². The zero-order valence-corrected chi connectivity index (χ0v) is 17.7. The fraction of sp³-hybridized carbons (Fsp3) is 0.231. The summed E-state index contributed by atoms with van der Waals surface area (Å²) in [5.74, 6) is -0.619. The third-order valence-electron chi connectivity index (χ3n) is 5.92.